The number of pyridine rings is 1. The molecule has 0 saturated heterocycles. The van der Waals surface area contributed by atoms with Crippen molar-refractivity contribution in [2.45, 2.75) is 112 Å². The number of Topliss-reactive ketones (excluding diaryl/α,β-unsaturated/α-hetero) is 1. The monoisotopic (exact) mass is 646 g/mol. The van der Waals surface area contributed by atoms with Gasteiger partial charge < -0.3 is 31.9 Å². The smallest absolute Gasteiger partial charge is 0.252 e. The first-order chi connectivity index (χ1) is 21.6. The summed E-state index contributed by atoms with van der Waals surface area (Å²) in [5.41, 5.74) is 0.369. The van der Waals surface area contributed by atoms with Gasteiger partial charge in [0.05, 0.1) is 11.6 Å². The zero-order chi connectivity index (χ0) is 35.0. The van der Waals surface area contributed by atoms with Gasteiger partial charge in [0.15, 0.2) is 12.4 Å². The fourth-order valence-corrected chi connectivity index (χ4v) is 4.80. The number of ketones is 1. The van der Waals surface area contributed by atoms with Crippen LogP contribution in [0.1, 0.15) is 91.9 Å². The largest absolute Gasteiger partial charge is 0.355 e. The number of aromatic amines is 1. The van der Waals surface area contributed by atoms with E-state index in [1.165, 1.54) is 6.92 Å². The maximum atomic E-state index is 13.5. The highest BCUT2D eigenvalue weighted by Crippen LogP contribution is 2.11. The Balaban J connectivity index is 3.02. The summed E-state index contributed by atoms with van der Waals surface area (Å²) < 4.78 is 0. The number of amides is 5. The molecule has 3 unspecified atom stereocenters. The molecule has 7 N–H and O–H groups in total. The lowest BCUT2D eigenvalue weighted by molar-refractivity contribution is -0.378. The topological polar surface area (TPSA) is 189 Å². The standard InChI is InChI=1S/C33H55N7O6/c1-10-21(7)28(40-30(43)24-12-14-34-15-13-24)33(46)38-26(17-22(8)41)31(44)37-25(16-19(3)4)18-36-23(9)29(42)39-27(20(5)6)32(45)35-11-2/h12-15,19-21,23,25-28,36H,10-11,16-18H2,1-9H3,(H,35,45)(H,37,44)(H,38,46)(H,39,42)(H,40,43)/p+1/t21-,23-,25?,26-,27?,28?/m0/s1. The van der Waals surface area contributed by atoms with E-state index in [1.807, 2.05) is 48.5 Å². The average Bonchev–Trinajstić information content (AvgIpc) is 2.99. The van der Waals surface area contributed by atoms with E-state index < -0.39 is 47.9 Å². The summed E-state index contributed by atoms with van der Waals surface area (Å²) in [5, 5.41) is 17.1. The third kappa shape index (κ3) is 14.1. The third-order valence-electron chi connectivity index (χ3n) is 7.65. The van der Waals surface area contributed by atoms with Crippen molar-refractivity contribution in [1.82, 2.24) is 31.9 Å². The van der Waals surface area contributed by atoms with Gasteiger partial charge in [0, 0.05) is 37.7 Å². The van der Waals surface area contributed by atoms with E-state index in [2.05, 4.69) is 36.9 Å². The molecule has 0 fully saturated rings. The summed E-state index contributed by atoms with van der Waals surface area (Å²) in [7, 11) is 0. The van der Waals surface area contributed by atoms with E-state index >= 15 is 0 Å². The van der Waals surface area contributed by atoms with Gasteiger partial charge in [-0.05, 0) is 44.9 Å². The van der Waals surface area contributed by atoms with Gasteiger partial charge in [0.2, 0.25) is 23.6 Å². The van der Waals surface area contributed by atoms with Gasteiger partial charge >= 0.3 is 0 Å². The fourth-order valence-electron chi connectivity index (χ4n) is 4.80. The molecular formula is C33H56N7O6+. The second-order valence-corrected chi connectivity index (χ2v) is 12.7. The maximum Gasteiger partial charge on any atom is 0.252 e. The minimum atomic E-state index is -1.17. The van der Waals surface area contributed by atoms with E-state index in [1.54, 1.807) is 31.5 Å². The van der Waals surface area contributed by atoms with E-state index in [0.717, 1.165) is 0 Å². The molecule has 13 heteroatoms. The van der Waals surface area contributed by atoms with Crippen molar-refractivity contribution < 1.29 is 33.8 Å². The molecular weight excluding hydrogens is 590 g/mol. The summed E-state index contributed by atoms with van der Waals surface area (Å²) in [6.07, 6.45) is 4.11. The minimum Gasteiger partial charge on any atom is -0.355 e. The first-order valence-electron chi connectivity index (χ1n) is 16.3. The van der Waals surface area contributed by atoms with E-state index in [-0.39, 0.29) is 48.3 Å². The lowest BCUT2D eigenvalue weighted by Crippen LogP contribution is -2.58. The number of hydrogen-bond donors (Lipinski definition) is 6. The van der Waals surface area contributed by atoms with Crippen LogP contribution in [0.15, 0.2) is 24.5 Å². The lowest BCUT2D eigenvalue weighted by Gasteiger charge is -2.28. The van der Waals surface area contributed by atoms with Crippen LogP contribution in [0.4, 0.5) is 0 Å². The van der Waals surface area contributed by atoms with E-state index in [9.17, 15) is 28.8 Å². The number of nitrogens with one attached hydrogen (secondary N) is 7. The maximum absolute atomic E-state index is 13.5. The third-order valence-corrected chi connectivity index (χ3v) is 7.65. The summed E-state index contributed by atoms with van der Waals surface area (Å²) in [6.45, 7) is 16.9. The summed E-state index contributed by atoms with van der Waals surface area (Å²) in [6, 6.07) is -0.715. The van der Waals surface area contributed by atoms with Crippen LogP contribution in [-0.2, 0) is 24.0 Å². The van der Waals surface area contributed by atoms with Gasteiger partial charge in [0.1, 0.15) is 23.9 Å². The van der Waals surface area contributed by atoms with Crippen molar-refractivity contribution in [1.29, 1.82) is 0 Å². The summed E-state index contributed by atoms with van der Waals surface area (Å²) in [4.78, 5) is 80.2. The van der Waals surface area contributed by atoms with Crippen LogP contribution in [0.3, 0.4) is 0 Å². The van der Waals surface area contributed by atoms with Crippen LogP contribution in [-0.4, -0.2) is 78.6 Å². The predicted octanol–water partition coefficient (Wildman–Crippen LogP) is 0.895. The van der Waals surface area contributed by atoms with Gasteiger partial charge in [-0.25, -0.2) is 4.98 Å². The van der Waals surface area contributed by atoms with Crippen LogP contribution in [0, 0.1) is 17.8 Å². The Labute approximate surface area is 273 Å². The highest BCUT2D eigenvalue weighted by atomic mass is 16.2. The molecule has 1 heterocycles. The number of likely N-dealkylation sites (N-methyl/N-ethyl adjacent to an activating group) is 1. The van der Waals surface area contributed by atoms with Crippen LogP contribution < -0.4 is 36.9 Å². The Morgan fingerprint density at radius 1 is 0.761 bits per heavy atom. The Morgan fingerprint density at radius 2 is 1.39 bits per heavy atom. The highest BCUT2D eigenvalue weighted by molar-refractivity contribution is 5.99. The van der Waals surface area contributed by atoms with Crippen molar-refractivity contribution in [2.24, 2.45) is 17.8 Å². The molecule has 0 aliphatic rings. The quantitative estimate of drug-likeness (QED) is 0.121. The molecule has 1 aromatic rings. The van der Waals surface area contributed by atoms with Gasteiger partial charge in [0.25, 0.3) is 5.91 Å². The van der Waals surface area contributed by atoms with Crippen LogP contribution >= 0.6 is 0 Å². The Kier molecular flexibility index (Phi) is 17.7. The van der Waals surface area contributed by atoms with Crippen molar-refractivity contribution in [3.8, 4) is 0 Å². The molecule has 1 aromatic heterocycles. The molecule has 258 valence electrons. The molecule has 0 aromatic carbocycles. The number of aromatic nitrogens is 1. The van der Waals surface area contributed by atoms with Crippen LogP contribution in [0.5, 0.6) is 0 Å². The minimum absolute atomic E-state index is 0.116. The average molecular weight is 647 g/mol. The van der Waals surface area contributed by atoms with E-state index in [0.29, 0.717) is 24.9 Å². The zero-order valence-electron chi connectivity index (χ0n) is 28.9. The Hall–Kier alpha value is -3.87. The Bertz CT molecular complexity index is 1160. The summed E-state index contributed by atoms with van der Waals surface area (Å²) in [5.74, 6) is -2.64. The SMILES string of the molecule is CCNC(=O)C(NC(=O)[C@H](C)NCC(CC(C)C)NC(=O)[C@H](CC(C)=O)NC(=O)C(NC(=O)c1cc[nH+]cc1)[C@@H](C)CC)C(C)C. The molecule has 46 heavy (non-hydrogen) atoms. The lowest BCUT2D eigenvalue weighted by atomic mass is 9.97. The molecule has 5 amide bonds. The number of carbonyl (C=O) groups excluding carboxylic acids is 6. The number of carbonyl (C=O) groups is 6. The normalized spacial score (nSPS) is 15.1. The summed E-state index contributed by atoms with van der Waals surface area (Å²) >= 11 is 0. The molecule has 0 saturated carbocycles. The van der Waals surface area contributed by atoms with Gasteiger partial charge in [-0.15, -0.1) is 0 Å². The number of H-pyrrole nitrogens is 1. The van der Waals surface area contributed by atoms with Crippen LogP contribution in [0.2, 0.25) is 0 Å². The zero-order valence-corrected chi connectivity index (χ0v) is 28.9. The van der Waals surface area contributed by atoms with Crippen LogP contribution in [0.25, 0.3) is 0 Å². The molecule has 0 spiro atoms. The molecule has 0 bridgehead atoms. The molecule has 0 radical (unpaired) electrons. The highest BCUT2D eigenvalue weighted by Gasteiger charge is 2.32. The predicted molar refractivity (Wildman–Crippen MR) is 175 cm³/mol. The van der Waals surface area contributed by atoms with Crippen molar-refractivity contribution in [3.63, 3.8) is 0 Å². The van der Waals surface area contributed by atoms with Crippen molar-refractivity contribution in [2.75, 3.05) is 13.1 Å². The van der Waals surface area contributed by atoms with E-state index in [4.69, 9.17) is 0 Å². The molecule has 1 rings (SSSR count). The van der Waals surface area contributed by atoms with Crippen molar-refractivity contribution in [3.05, 3.63) is 30.1 Å². The number of rotatable bonds is 20. The molecule has 0 aliphatic heterocycles. The second-order valence-electron chi connectivity index (χ2n) is 12.7. The van der Waals surface area contributed by atoms with Gasteiger partial charge in [-0.1, -0.05) is 48.0 Å². The first kappa shape index (κ1) is 40.2. The first-order valence-corrected chi connectivity index (χ1v) is 16.3. The Morgan fingerprint density at radius 3 is 1.91 bits per heavy atom. The molecule has 6 atom stereocenters. The molecule has 0 aliphatic carbocycles. The van der Waals surface area contributed by atoms with Gasteiger partial charge in [-0.3, -0.25) is 28.8 Å². The van der Waals surface area contributed by atoms with Crippen molar-refractivity contribution >= 4 is 35.3 Å². The fraction of sp³-hybridized carbons (Fsp3) is 0.667. The molecule has 13 nitrogen and oxygen atoms in total. The second kappa shape index (κ2) is 20.3. The van der Waals surface area contributed by atoms with Gasteiger partial charge in [-0.2, -0.15) is 0 Å². The number of hydrogen-bond acceptors (Lipinski definition) is 7.